The molecular formula is C10H20O. The first kappa shape index (κ1) is 9.05. The summed E-state index contributed by atoms with van der Waals surface area (Å²) >= 11 is 0. The van der Waals surface area contributed by atoms with E-state index >= 15 is 0 Å². The molecule has 0 N–H and O–H groups in total. The molecule has 1 heterocycles. The first-order valence-corrected chi connectivity index (χ1v) is 4.90. The molecule has 0 spiro atoms. The Kier molecular flexibility index (Phi) is 3.92. The average Bonchev–Trinajstić information content (AvgIpc) is 2.01. The molecule has 2 atom stereocenters. The Labute approximate surface area is 70.1 Å². The number of ether oxygens (including phenoxy) is 1. The van der Waals surface area contributed by atoms with Crippen LogP contribution in [0.4, 0.5) is 0 Å². The van der Waals surface area contributed by atoms with Crippen molar-refractivity contribution in [2.75, 3.05) is 13.2 Å². The largest absolute Gasteiger partial charge is 0.381 e. The minimum atomic E-state index is 0.797. The van der Waals surface area contributed by atoms with E-state index in [0.29, 0.717) is 0 Å². The van der Waals surface area contributed by atoms with Crippen LogP contribution >= 0.6 is 0 Å². The van der Waals surface area contributed by atoms with Crippen molar-refractivity contribution >= 4 is 0 Å². The smallest absolute Gasteiger partial charge is 0.0494 e. The fraction of sp³-hybridized carbons (Fsp3) is 1.00. The summed E-state index contributed by atoms with van der Waals surface area (Å²) in [6, 6.07) is 0. The second kappa shape index (κ2) is 4.76. The van der Waals surface area contributed by atoms with Crippen molar-refractivity contribution in [2.24, 2.45) is 11.8 Å². The Bertz CT molecular complexity index is 101. The molecule has 66 valence electrons. The summed E-state index contributed by atoms with van der Waals surface area (Å²) in [5.74, 6) is 1.66. The Morgan fingerprint density at radius 1 is 1.36 bits per heavy atom. The zero-order valence-electron chi connectivity index (χ0n) is 7.81. The van der Waals surface area contributed by atoms with Gasteiger partial charge in [0.1, 0.15) is 0 Å². The summed E-state index contributed by atoms with van der Waals surface area (Å²) in [5, 5.41) is 0. The summed E-state index contributed by atoms with van der Waals surface area (Å²) in [7, 11) is 0. The van der Waals surface area contributed by atoms with Gasteiger partial charge >= 0.3 is 0 Å². The molecule has 11 heavy (non-hydrogen) atoms. The van der Waals surface area contributed by atoms with Crippen molar-refractivity contribution < 1.29 is 4.74 Å². The van der Waals surface area contributed by atoms with Crippen LogP contribution in [0.25, 0.3) is 0 Å². The van der Waals surface area contributed by atoms with Crippen molar-refractivity contribution in [1.82, 2.24) is 0 Å². The van der Waals surface area contributed by atoms with Gasteiger partial charge in [0.2, 0.25) is 0 Å². The maximum atomic E-state index is 5.49. The standard InChI is InChI=1S/C10H20O/c1-3-4-5-10-6-9(2)7-11-8-10/h9-10H,3-8H2,1-2H3. The first-order chi connectivity index (χ1) is 5.33. The summed E-state index contributed by atoms with van der Waals surface area (Å²) < 4.78 is 5.49. The van der Waals surface area contributed by atoms with E-state index in [1.807, 2.05) is 0 Å². The molecule has 1 aliphatic rings. The molecule has 1 fully saturated rings. The van der Waals surface area contributed by atoms with E-state index in [1.165, 1.54) is 25.7 Å². The zero-order chi connectivity index (χ0) is 8.10. The van der Waals surface area contributed by atoms with E-state index in [-0.39, 0.29) is 0 Å². The molecule has 0 bridgehead atoms. The fourth-order valence-electron chi connectivity index (χ4n) is 1.83. The van der Waals surface area contributed by atoms with E-state index in [9.17, 15) is 0 Å². The second-order valence-corrected chi connectivity index (χ2v) is 3.89. The molecule has 1 heteroatoms. The van der Waals surface area contributed by atoms with E-state index in [0.717, 1.165) is 25.0 Å². The lowest BCUT2D eigenvalue weighted by molar-refractivity contribution is 0.0177. The van der Waals surface area contributed by atoms with E-state index in [1.54, 1.807) is 0 Å². The number of hydrogen-bond donors (Lipinski definition) is 0. The van der Waals surface area contributed by atoms with Gasteiger partial charge in [-0.05, 0) is 24.7 Å². The molecule has 0 aliphatic carbocycles. The minimum absolute atomic E-state index is 0.797. The summed E-state index contributed by atoms with van der Waals surface area (Å²) in [5.41, 5.74) is 0. The normalized spacial score (nSPS) is 32.2. The van der Waals surface area contributed by atoms with Crippen LogP contribution in [0.2, 0.25) is 0 Å². The van der Waals surface area contributed by atoms with E-state index in [2.05, 4.69) is 13.8 Å². The third-order valence-electron chi connectivity index (χ3n) is 2.46. The van der Waals surface area contributed by atoms with Crippen LogP contribution in [0.5, 0.6) is 0 Å². The van der Waals surface area contributed by atoms with Crippen LogP contribution in [0, 0.1) is 11.8 Å². The molecule has 0 aromatic carbocycles. The molecule has 0 aromatic rings. The summed E-state index contributed by atoms with van der Waals surface area (Å²) in [6.45, 7) is 6.55. The molecule has 0 aromatic heterocycles. The quantitative estimate of drug-likeness (QED) is 0.610. The highest BCUT2D eigenvalue weighted by atomic mass is 16.5. The monoisotopic (exact) mass is 156 g/mol. The van der Waals surface area contributed by atoms with Crippen molar-refractivity contribution in [3.8, 4) is 0 Å². The van der Waals surface area contributed by atoms with E-state index < -0.39 is 0 Å². The van der Waals surface area contributed by atoms with Crippen LogP contribution in [0.1, 0.15) is 39.5 Å². The number of hydrogen-bond acceptors (Lipinski definition) is 1. The Morgan fingerprint density at radius 3 is 2.82 bits per heavy atom. The SMILES string of the molecule is CCCCC1COCC(C)C1. The van der Waals surface area contributed by atoms with Gasteiger partial charge in [0.25, 0.3) is 0 Å². The van der Waals surface area contributed by atoms with Gasteiger partial charge in [-0.25, -0.2) is 0 Å². The molecule has 0 amide bonds. The Morgan fingerprint density at radius 2 is 2.18 bits per heavy atom. The summed E-state index contributed by atoms with van der Waals surface area (Å²) in [6.07, 6.45) is 5.46. The van der Waals surface area contributed by atoms with Gasteiger partial charge in [-0.15, -0.1) is 0 Å². The van der Waals surface area contributed by atoms with Crippen LogP contribution < -0.4 is 0 Å². The second-order valence-electron chi connectivity index (χ2n) is 3.89. The molecule has 2 unspecified atom stereocenters. The highest BCUT2D eigenvalue weighted by molar-refractivity contribution is 4.67. The molecule has 0 saturated carbocycles. The lowest BCUT2D eigenvalue weighted by Crippen LogP contribution is -2.23. The molecule has 1 aliphatic heterocycles. The van der Waals surface area contributed by atoms with Gasteiger partial charge in [0, 0.05) is 13.2 Å². The Balaban J connectivity index is 2.12. The summed E-state index contributed by atoms with van der Waals surface area (Å²) in [4.78, 5) is 0. The maximum absolute atomic E-state index is 5.49. The highest BCUT2D eigenvalue weighted by Crippen LogP contribution is 2.23. The third-order valence-corrected chi connectivity index (χ3v) is 2.46. The van der Waals surface area contributed by atoms with E-state index in [4.69, 9.17) is 4.74 Å². The molecule has 1 rings (SSSR count). The lowest BCUT2D eigenvalue weighted by atomic mass is 9.90. The van der Waals surface area contributed by atoms with Gasteiger partial charge in [-0.3, -0.25) is 0 Å². The third kappa shape index (κ3) is 3.24. The van der Waals surface area contributed by atoms with Gasteiger partial charge in [0.05, 0.1) is 0 Å². The lowest BCUT2D eigenvalue weighted by Gasteiger charge is -2.26. The molecule has 1 nitrogen and oxygen atoms in total. The van der Waals surface area contributed by atoms with Crippen LogP contribution in [0.15, 0.2) is 0 Å². The van der Waals surface area contributed by atoms with Crippen molar-refractivity contribution in [3.05, 3.63) is 0 Å². The molecular weight excluding hydrogens is 136 g/mol. The van der Waals surface area contributed by atoms with Gasteiger partial charge in [0.15, 0.2) is 0 Å². The predicted molar refractivity (Wildman–Crippen MR) is 47.6 cm³/mol. The Hall–Kier alpha value is -0.0400. The van der Waals surface area contributed by atoms with Crippen molar-refractivity contribution in [3.63, 3.8) is 0 Å². The van der Waals surface area contributed by atoms with Gasteiger partial charge in [-0.1, -0.05) is 26.7 Å². The average molecular weight is 156 g/mol. The topological polar surface area (TPSA) is 9.23 Å². The van der Waals surface area contributed by atoms with Gasteiger partial charge in [-0.2, -0.15) is 0 Å². The van der Waals surface area contributed by atoms with Crippen LogP contribution in [-0.2, 0) is 4.74 Å². The molecule has 0 radical (unpaired) electrons. The van der Waals surface area contributed by atoms with Crippen LogP contribution in [-0.4, -0.2) is 13.2 Å². The number of unbranched alkanes of at least 4 members (excludes halogenated alkanes) is 1. The fourth-order valence-corrected chi connectivity index (χ4v) is 1.83. The van der Waals surface area contributed by atoms with Crippen molar-refractivity contribution in [2.45, 2.75) is 39.5 Å². The predicted octanol–water partition coefficient (Wildman–Crippen LogP) is 2.85. The van der Waals surface area contributed by atoms with Gasteiger partial charge < -0.3 is 4.74 Å². The molecule has 1 saturated heterocycles. The number of rotatable bonds is 3. The minimum Gasteiger partial charge on any atom is -0.381 e. The first-order valence-electron chi connectivity index (χ1n) is 4.90. The van der Waals surface area contributed by atoms with Crippen LogP contribution in [0.3, 0.4) is 0 Å². The zero-order valence-corrected chi connectivity index (χ0v) is 7.81. The highest BCUT2D eigenvalue weighted by Gasteiger charge is 2.18. The maximum Gasteiger partial charge on any atom is 0.0494 e. The van der Waals surface area contributed by atoms with Crippen molar-refractivity contribution in [1.29, 1.82) is 0 Å².